The normalized spacial score (nSPS) is 11.1. The van der Waals surface area contributed by atoms with Crippen molar-refractivity contribution in [1.82, 2.24) is 9.38 Å². The van der Waals surface area contributed by atoms with E-state index in [4.69, 9.17) is 0 Å². The van der Waals surface area contributed by atoms with E-state index in [9.17, 15) is 4.79 Å². The number of fused-ring (bicyclic) bond motifs is 1. The van der Waals surface area contributed by atoms with Crippen LogP contribution in [0.15, 0.2) is 48.7 Å². The number of carbonyl (C=O) groups is 1. The van der Waals surface area contributed by atoms with Crippen LogP contribution in [-0.4, -0.2) is 15.3 Å². The van der Waals surface area contributed by atoms with E-state index in [0.29, 0.717) is 11.6 Å². The number of rotatable bonds is 3. The molecule has 3 rings (SSSR count). The summed E-state index contributed by atoms with van der Waals surface area (Å²) in [4.78, 5) is 16.9. The Kier molecular flexibility index (Phi) is 3.67. The molecule has 0 atom stereocenters. The predicted octanol–water partition coefficient (Wildman–Crippen LogP) is 4.02. The Balaban J connectivity index is 1.92. The van der Waals surface area contributed by atoms with Crippen molar-refractivity contribution in [3.05, 3.63) is 65.6 Å². The zero-order valence-electron chi connectivity index (χ0n) is 13.0. The van der Waals surface area contributed by atoms with Gasteiger partial charge in [-0.25, -0.2) is 4.98 Å². The molecule has 0 bridgehead atoms. The van der Waals surface area contributed by atoms with Crippen molar-refractivity contribution in [2.75, 3.05) is 5.32 Å². The van der Waals surface area contributed by atoms with Gasteiger partial charge in [-0.15, -0.1) is 0 Å². The molecule has 112 valence electrons. The van der Waals surface area contributed by atoms with Gasteiger partial charge in [0, 0.05) is 17.6 Å². The van der Waals surface area contributed by atoms with E-state index in [1.54, 1.807) is 6.20 Å². The lowest BCUT2D eigenvalue weighted by molar-refractivity contribution is 0.102. The lowest BCUT2D eigenvalue weighted by Crippen LogP contribution is -2.14. The van der Waals surface area contributed by atoms with Crippen LogP contribution in [0.4, 0.5) is 5.69 Å². The van der Waals surface area contributed by atoms with Crippen molar-refractivity contribution in [3.8, 4) is 0 Å². The Morgan fingerprint density at radius 1 is 1.14 bits per heavy atom. The number of nitrogens with one attached hydrogen (secondary N) is 1. The molecule has 1 N–H and O–H groups in total. The Labute approximate surface area is 129 Å². The maximum Gasteiger partial charge on any atom is 0.275 e. The number of aromatic nitrogens is 2. The third-order valence-electron chi connectivity index (χ3n) is 3.76. The SMILES string of the molecule is Cc1cccc2nc(C(=O)Nc3ccccc3C(C)C)cn12. The third-order valence-corrected chi connectivity index (χ3v) is 3.76. The first-order valence-corrected chi connectivity index (χ1v) is 7.41. The number of carbonyl (C=O) groups excluding carboxylic acids is 1. The van der Waals surface area contributed by atoms with Crippen molar-refractivity contribution in [2.24, 2.45) is 0 Å². The predicted molar refractivity (Wildman–Crippen MR) is 88.4 cm³/mol. The lowest BCUT2D eigenvalue weighted by atomic mass is 10.0. The van der Waals surface area contributed by atoms with Crippen LogP contribution in [0.1, 0.15) is 41.5 Å². The standard InChI is InChI=1S/C18H19N3O/c1-12(2)14-8-4-5-9-15(14)20-18(22)16-11-21-13(3)7-6-10-17(21)19-16/h4-12H,1-3H3,(H,20,22). The summed E-state index contributed by atoms with van der Waals surface area (Å²) >= 11 is 0. The second-order valence-corrected chi connectivity index (χ2v) is 5.72. The summed E-state index contributed by atoms with van der Waals surface area (Å²) in [6.45, 7) is 6.21. The Bertz CT molecular complexity index is 833. The van der Waals surface area contributed by atoms with Gasteiger partial charge in [0.25, 0.3) is 5.91 Å². The molecule has 2 heterocycles. The number of para-hydroxylation sites is 1. The van der Waals surface area contributed by atoms with Gasteiger partial charge < -0.3 is 9.72 Å². The monoisotopic (exact) mass is 293 g/mol. The zero-order valence-corrected chi connectivity index (χ0v) is 13.0. The molecule has 0 aliphatic rings. The molecule has 0 spiro atoms. The van der Waals surface area contributed by atoms with Crippen LogP contribution in [0.5, 0.6) is 0 Å². The van der Waals surface area contributed by atoms with Gasteiger partial charge in [0.2, 0.25) is 0 Å². The molecule has 0 aliphatic heterocycles. The summed E-state index contributed by atoms with van der Waals surface area (Å²) in [6.07, 6.45) is 1.78. The number of amides is 1. The fourth-order valence-corrected chi connectivity index (χ4v) is 2.56. The average Bonchev–Trinajstić information content (AvgIpc) is 2.93. The van der Waals surface area contributed by atoms with Crippen molar-refractivity contribution in [3.63, 3.8) is 0 Å². The fourth-order valence-electron chi connectivity index (χ4n) is 2.56. The minimum Gasteiger partial charge on any atom is -0.320 e. The first kappa shape index (κ1) is 14.3. The number of hydrogen-bond acceptors (Lipinski definition) is 2. The van der Waals surface area contributed by atoms with Crippen LogP contribution in [-0.2, 0) is 0 Å². The van der Waals surface area contributed by atoms with Crippen LogP contribution < -0.4 is 5.32 Å². The molecule has 0 unspecified atom stereocenters. The number of nitrogens with zero attached hydrogens (tertiary/aromatic N) is 2. The third kappa shape index (κ3) is 2.60. The second-order valence-electron chi connectivity index (χ2n) is 5.72. The van der Waals surface area contributed by atoms with E-state index >= 15 is 0 Å². The highest BCUT2D eigenvalue weighted by molar-refractivity contribution is 6.03. The molecule has 4 heteroatoms. The molecule has 0 radical (unpaired) electrons. The van der Waals surface area contributed by atoms with Crippen molar-refractivity contribution < 1.29 is 4.79 Å². The van der Waals surface area contributed by atoms with Gasteiger partial charge in [-0.2, -0.15) is 0 Å². The summed E-state index contributed by atoms with van der Waals surface area (Å²) in [7, 11) is 0. The van der Waals surface area contributed by atoms with Gasteiger partial charge in [0.05, 0.1) is 0 Å². The molecule has 22 heavy (non-hydrogen) atoms. The van der Waals surface area contributed by atoms with Gasteiger partial charge in [0.1, 0.15) is 11.3 Å². The first-order valence-electron chi connectivity index (χ1n) is 7.41. The van der Waals surface area contributed by atoms with Crippen LogP contribution in [0, 0.1) is 6.92 Å². The first-order chi connectivity index (χ1) is 10.6. The molecular formula is C18H19N3O. The summed E-state index contributed by atoms with van der Waals surface area (Å²) in [5.74, 6) is 0.163. The minimum absolute atomic E-state index is 0.184. The number of aryl methyl sites for hydroxylation is 1. The molecule has 0 saturated heterocycles. The zero-order chi connectivity index (χ0) is 15.7. The number of hydrogen-bond donors (Lipinski definition) is 1. The van der Waals surface area contributed by atoms with E-state index < -0.39 is 0 Å². The van der Waals surface area contributed by atoms with Crippen molar-refractivity contribution >= 4 is 17.2 Å². The highest BCUT2D eigenvalue weighted by Crippen LogP contribution is 2.24. The van der Waals surface area contributed by atoms with Crippen LogP contribution in [0.2, 0.25) is 0 Å². The van der Waals surface area contributed by atoms with Crippen molar-refractivity contribution in [2.45, 2.75) is 26.7 Å². The van der Waals surface area contributed by atoms with Crippen molar-refractivity contribution in [1.29, 1.82) is 0 Å². The Hall–Kier alpha value is -2.62. The Morgan fingerprint density at radius 3 is 2.64 bits per heavy atom. The molecule has 0 fully saturated rings. The number of imidazole rings is 1. The van der Waals surface area contributed by atoms with Crippen LogP contribution in [0.3, 0.4) is 0 Å². The van der Waals surface area contributed by atoms with Gasteiger partial charge >= 0.3 is 0 Å². The van der Waals surface area contributed by atoms with Gasteiger partial charge in [-0.05, 0) is 36.6 Å². The lowest BCUT2D eigenvalue weighted by Gasteiger charge is -2.12. The van der Waals surface area contributed by atoms with Gasteiger partial charge in [-0.1, -0.05) is 38.1 Å². The number of benzene rings is 1. The molecular weight excluding hydrogens is 274 g/mol. The molecule has 1 amide bonds. The minimum atomic E-state index is -0.184. The van der Waals surface area contributed by atoms with Gasteiger partial charge in [0.15, 0.2) is 0 Å². The van der Waals surface area contributed by atoms with Gasteiger partial charge in [-0.3, -0.25) is 4.79 Å². The summed E-state index contributed by atoms with van der Waals surface area (Å²) in [5.41, 5.74) is 4.22. The Morgan fingerprint density at radius 2 is 1.91 bits per heavy atom. The second kappa shape index (κ2) is 5.64. The molecule has 1 aromatic carbocycles. The van der Waals surface area contributed by atoms with E-state index in [1.807, 2.05) is 53.8 Å². The molecule has 4 nitrogen and oxygen atoms in total. The van der Waals surface area contributed by atoms with Crippen LogP contribution >= 0.6 is 0 Å². The van der Waals surface area contributed by atoms with E-state index in [0.717, 1.165) is 22.6 Å². The topological polar surface area (TPSA) is 46.4 Å². The van der Waals surface area contributed by atoms with Crippen LogP contribution in [0.25, 0.3) is 5.65 Å². The van der Waals surface area contributed by atoms with E-state index in [1.165, 1.54) is 0 Å². The smallest absolute Gasteiger partial charge is 0.275 e. The highest BCUT2D eigenvalue weighted by atomic mass is 16.1. The summed E-state index contributed by atoms with van der Waals surface area (Å²) < 4.78 is 1.92. The average molecular weight is 293 g/mol. The van der Waals surface area contributed by atoms with E-state index in [-0.39, 0.29) is 5.91 Å². The number of anilines is 1. The summed E-state index contributed by atoms with van der Waals surface area (Å²) in [5, 5.41) is 2.97. The highest BCUT2D eigenvalue weighted by Gasteiger charge is 2.14. The maximum absolute atomic E-state index is 12.5. The fraction of sp³-hybridized carbons (Fsp3) is 0.222. The number of pyridine rings is 1. The molecule has 2 aromatic heterocycles. The molecule has 3 aromatic rings. The summed E-state index contributed by atoms with van der Waals surface area (Å²) in [6, 6.07) is 13.7. The molecule has 0 aliphatic carbocycles. The maximum atomic E-state index is 12.5. The largest absolute Gasteiger partial charge is 0.320 e. The van der Waals surface area contributed by atoms with E-state index in [2.05, 4.69) is 24.1 Å². The molecule has 0 saturated carbocycles. The quantitative estimate of drug-likeness (QED) is 0.793.